The minimum atomic E-state index is -3.56. The van der Waals surface area contributed by atoms with Gasteiger partial charge < -0.3 is 4.42 Å². The van der Waals surface area contributed by atoms with Crippen molar-refractivity contribution in [3.63, 3.8) is 0 Å². The van der Waals surface area contributed by atoms with E-state index >= 15 is 0 Å². The number of furan rings is 1. The largest absolute Gasteiger partial charge is 0.468 e. The summed E-state index contributed by atoms with van der Waals surface area (Å²) in [5.41, 5.74) is 1.08. The zero-order valence-electron chi connectivity index (χ0n) is 12.8. The molecule has 1 saturated heterocycles. The molecule has 1 aliphatic heterocycles. The molecular formula is C15H16N4O3S2. The molecule has 126 valence electrons. The number of benzene rings is 1. The predicted octanol–water partition coefficient (Wildman–Crippen LogP) is 1.79. The molecule has 3 aromatic rings. The van der Waals surface area contributed by atoms with Gasteiger partial charge in [0.05, 0.1) is 24.5 Å². The molecule has 9 heteroatoms. The number of hydrogen-bond acceptors (Lipinski definition) is 7. The maximum atomic E-state index is 12.9. The van der Waals surface area contributed by atoms with E-state index in [1.807, 2.05) is 12.1 Å². The highest BCUT2D eigenvalue weighted by molar-refractivity contribution is 7.89. The van der Waals surface area contributed by atoms with E-state index in [-0.39, 0.29) is 4.90 Å². The van der Waals surface area contributed by atoms with Crippen LogP contribution in [0, 0.1) is 0 Å². The van der Waals surface area contributed by atoms with Crippen LogP contribution in [0.15, 0.2) is 45.9 Å². The Labute approximate surface area is 143 Å². The van der Waals surface area contributed by atoms with E-state index in [1.165, 1.54) is 4.31 Å². The van der Waals surface area contributed by atoms with Crippen molar-refractivity contribution in [2.75, 3.05) is 26.2 Å². The molecule has 0 saturated carbocycles. The van der Waals surface area contributed by atoms with Crippen molar-refractivity contribution in [3.8, 4) is 0 Å². The SMILES string of the molecule is O=S(=O)(c1cccc2nsnc12)N1CCN(Cc2ccco2)CC1. The summed E-state index contributed by atoms with van der Waals surface area (Å²) in [4.78, 5) is 2.43. The summed E-state index contributed by atoms with van der Waals surface area (Å²) in [5, 5.41) is 0. The van der Waals surface area contributed by atoms with Crippen LogP contribution in [0.25, 0.3) is 11.0 Å². The van der Waals surface area contributed by atoms with Crippen LogP contribution < -0.4 is 0 Å². The van der Waals surface area contributed by atoms with Crippen LogP contribution >= 0.6 is 11.7 Å². The molecule has 0 radical (unpaired) electrons. The van der Waals surface area contributed by atoms with Crippen LogP contribution in [-0.4, -0.2) is 52.5 Å². The number of rotatable bonds is 4. The molecule has 0 unspecified atom stereocenters. The van der Waals surface area contributed by atoms with Crippen LogP contribution in [0.5, 0.6) is 0 Å². The van der Waals surface area contributed by atoms with Gasteiger partial charge in [0.2, 0.25) is 10.0 Å². The second-order valence-corrected chi connectivity index (χ2v) is 8.08. The molecule has 0 amide bonds. The lowest BCUT2D eigenvalue weighted by atomic mass is 10.3. The summed E-state index contributed by atoms with van der Waals surface area (Å²) in [6, 6.07) is 8.88. The number of aromatic nitrogens is 2. The van der Waals surface area contributed by atoms with Gasteiger partial charge in [-0.15, -0.1) is 0 Å². The average Bonchev–Trinajstić information content (AvgIpc) is 3.26. The zero-order valence-corrected chi connectivity index (χ0v) is 14.5. The van der Waals surface area contributed by atoms with Crippen molar-refractivity contribution >= 4 is 32.8 Å². The van der Waals surface area contributed by atoms with Gasteiger partial charge in [-0.25, -0.2) is 8.42 Å². The van der Waals surface area contributed by atoms with Gasteiger partial charge in [-0.1, -0.05) is 6.07 Å². The Morgan fingerprint density at radius 1 is 1.08 bits per heavy atom. The van der Waals surface area contributed by atoms with Crippen LogP contribution in [0.4, 0.5) is 0 Å². The molecule has 1 fully saturated rings. The van der Waals surface area contributed by atoms with E-state index < -0.39 is 10.0 Å². The molecule has 4 rings (SSSR count). The summed E-state index contributed by atoms with van der Waals surface area (Å²) in [7, 11) is -3.56. The third kappa shape index (κ3) is 2.84. The summed E-state index contributed by atoms with van der Waals surface area (Å²) < 4.78 is 41.0. The molecule has 0 N–H and O–H groups in total. The van der Waals surface area contributed by atoms with Crippen molar-refractivity contribution in [2.24, 2.45) is 0 Å². The lowest BCUT2D eigenvalue weighted by Gasteiger charge is -2.33. The Hall–Kier alpha value is -1.81. The van der Waals surface area contributed by atoms with E-state index in [9.17, 15) is 8.42 Å². The molecule has 0 aliphatic carbocycles. The van der Waals surface area contributed by atoms with Crippen LogP contribution in [0.2, 0.25) is 0 Å². The van der Waals surface area contributed by atoms with E-state index in [1.54, 1.807) is 24.5 Å². The molecule has 0 spiro atoms. The molecule has 2 aromatic heterocycles. The predicted molar refractivity (Wildman–Crippen MR) is 90.2 cm³/mol. The molecule has 0 bridgehead atoms. The Kier molecular flexibility index (Phi) is 4.09. The molecule has 0 atom stereocenters. The van der Waals surface area contributed by atoms with Crippen molar-refractivity contribution in [1.29, 1.82) is 0 Å². The first-order valence-corrected chi connectivity index (χ1v) is 9.78. The number of piperazine rings is 1. The Morgan fingerprint density at radius 3 is 2.67 bits per heavy atom. The summed E-state index contributed by atoms with van der Waals surface area (Å²) in [6.45, 7) is 2.96. The van der Waals surface area contributed by atoms with Crippen molar-refractivity contribution < 1.29 is 12.8 Å². The van der Waals surface area contributed by atoms with E-state index in [0.717, 1.165) is 17.5 Å². The fourth-order valence-electron chi connectivity index (χ4n) is 2.88. The molecule has 1 aromatic carbocycles. The van der Waals surface area contributed by atoms with Crippen LogP contribution in [0.3, 0.4) is 0 Å². The Morgan fingerprint density at radius 2 is 1.92 bits per heavy atom. The van der Waals surface area contributed by atoms with Gasteiger partial charge in [0.25, 0.3) is 0 Å². The normalized spacial score (nSPS) is 17.5. The maximum absolute atomic E-state index is 12.9. The van der Waals surface area contributed by atoms with Crippen molar-refractivity contribution in [1.82, 2.24) is 18.0 Å². The van der Waals surface area contributed by atoms with Crippen molar-refractivity contribution in [3.05, 3.63) is 42.4 Å². The second-order valence-electron chi connectivity index (χ2n) is 5.65. The fraction of sp³-hybridized carbons (Fsp3) is 0.333. The third-order valence-corrected chi connectivity index (χ3v) is 6.63. The molecule has 1 aliphatic rings. The summed E-state index contributed by atoms with van der Waals surface area (Å²) in [5.74, 6) is 0.893. The average molecular weight is 364 g/mol. The van der Waals surface area contributed by atoms with E-state index in [0.29, 0.717) is 43.8 Å². The topological polar surface area (TPSA) is 79.5 Å². The van der Waals surface area contributed by atoms with E-state index in [2.05, 4.69) is 13.6 Å². The highest BCUT2D eigenvalue weighted by Gasteiger charge is 2.30. The fourth-order valence-corrected chi connectivity index (χ4v) is 5.05. The van der Waals surface area contributed by atoms with Crippen molar-refractivity contribution in [2.45, 2.75) is 11.4 Å². The highest BCUT2D eigenvalue weighted by atomic mass is 32.2. The molecule has 7 nitrogen and oxygen atoms in total. The van der Waals surface area contributed by atoms with Gasteiger partial charge in [-0.2, -0.15) is 13.1 Å². The van der Waals surface area contributed by atoms with Gasteiger partial charge in [-0.3, -0.25) is 4.90 Å². The molecular weight excluding hydrogens is 348 g/mol. The highest BCUT2D eigenvalue weighted by Crippen LogP contribution is 2.25. The lowest BCUT2D eigenvalue weighted by molar-refractivity contribution is 0.171. The molecule has 24 heavy (non-hydrogen) atoms. The number of sulfonamides is 1. The number of nitrogens with zero attached hydrogens (tertiary/aromatic N) is 4. The Bertz CT molecular complexity index is 929. The zero-order chi connectivity index (χ0) is 16.6. The monoisotopic (exact) mass is 364 g/mol. The minimum absolute atomic E-state index is 0.244. The summed E-state index contributed by atoms with van der Waals surface area (Å²) in [6.07, 6.45) is 1.65. The molecule has 3 heterocycles. The quantitative estimate of drug-likeness (QED) is 0.702. The smallest absolute Gasteiger partial charge is 0.245 e. The van der Waals surface area contributed by atoms with Gasteiger partial charge in [0, 0.05) is 26.2 Å². The van der Waals surface area contributed by atoms with Crippen LogP contribution in [0.1, 0.15) is 5.76 Å². The first-order valence-electron chi connectivity index (χ1n) is 7.61. The third-order valence-electron chi connectivity index (χ3n) is 4.16. The van der Waals surface area contributed by atoms with Crippen LogP contribution in [-0.2, 0) is 16.6 Å². The Balaban J connectivity index is 1.51. The van der Waals surface area contributed by atoms with E-state index in [4.69, 9.17) is 4.42 Å². The first-order chi connectivity index (χ1) is 11.6. The maximum Gasteiger partial charge on any atom is 0.245 e. The summed E-state index contributed by atoms with van der Waals surface area (Å²) >= 11 is 1.03. The second kappa shape index (κ2) is 6.25. The minimum Gasteiger partial charge on any atom is -0.468 e. The number of fused-ring (bicyclic) bond motifs is 1. The number of hydrogen-bond donors (Lipinski definition) is 0. The van der Waals surface area contributed by atoms with Gasteiger partial charge in [0.15, 0.2) is 0 Å². The van der Waals surface area contributed by atoms with Gasteiger partial charge in [0.1, 0.15) is 21.7 Å². The standard InChI is InChI=1S/C15H16N4O3S2/c20-24(21,14-5-1-4-13-15(14)17-23-16-13)19-8-6-18(7-9-19)11-12-3-2-10-22-12/h1-5,10H,6-9,11H2. The van der Waals surface area contributed by atoms with Gasteiger partial charge in [-0.05, 0) is 24.3 Å². The lowest BCUT2D eigenvalue weighted by Crippen LogP contribution is -2.48. The first kappa shape index (κ1) is 15.7. The van der Waals surface area contributed by atoms with Gasteiger partial charge >= 0.3 is 0 Å².